The predicted molar refractivity (Wildman–Crippen MR) is 62.3 cm³/mol. The number of hydrogen-bond donors (Lipinski definition) is 1. The standard InChI is InChI=1S/C10H10N4S/c1-8-3-4-9(15-8)7-13-14-10-11-5-2-6-12-10/h2-7H,1H3,(H,11,12,14)/b13-7+. The molecule has 0 aliphatic rings. The summed E-state index contributed by atoms with van der Waals surface area (Å²) in [5.74, 6) is 0.502. The fourth-order valence-corrected chi connectivity index (χ4v) is 1.78. The Bertz CT molecular complexity index is 449. The molecule has 0 bridgehead atoms. The maximum atomic E-state index is 4.04. The summed E-state index contributed by atoms with van der Waals surface area (Å²) in [6.45, 7) is 2.07. The van der Waals surface area contributed by atoms with E-state index in [1.165, 1.54) is 4.88 Å². The van der Waals surface area contributed by atoms with Crippen molar-refractivity contribution in [3.05, 3.63) is 40.3 Å². The van der Waals surface area contributed by atoms with Gasteiger partial charge in [-0.3, -0.25) is 0 Å². The van der Waals surface area contributed by atoms with Crippen LogP contribution >= 0.6 is 11.3 Å². The zero-order chi connectivity index (χ0) is 10.5. The first-order chi connectivity index (χ1) is 7.34. The Morgan fingerprint density at radius 1 is 1.33 bits per heavy atom. The molecule has 0 aromatic carbocycles. The molecule has 0 saturated heterocycles. The van der Waals surface area contributed by atoms with Crippen LogP contribution in [-0.2, 0) is 0 Å². The molecule has 0 radical (unpaired) electrons. The first-order valence-electron chi connectivity index (χ1n) is 4.47. The molecule has 0 atom stereocenters. The van der Waals surface area contributed by atoms with E-state index >= 15 is 0 Å². The minimum Gasteiger partial charge on any atom is -0.245 e. The number of aryl methyl sites for hydroxylation is 1. The normalized spacial score (nSPS) is 10.7. The lowest BCUT2D eigenvalue weighted by molar-refractivity contribution is 1.12. The van der Waals surface area contributed by atoms with Crippen LogP contribution in [0.25, 0.3) is 0 Å². The summed E-state index contributed by atoms with van der Waals surface area (Å²) in [7, 11) is 0. The van der Waals surface area contributed by atoms with Crippen molar-refractivity contribution in [3.8, 4) is 0 Å². The number of aromatic nitrogens is 2. The molecular weight excluding hydrogens is 208 g/mol. The second-order valence-corrected chi connectivity index (χ2v) is 4.21. The number of thiophene rings is 1. The first kappa shape index (κ1) is 9.79. The molecule has 76 valence electrons. The number of rotatable bonds is 3. The average Bonchev–Trinajstić information content (AvgIpc) is 2.66. The number of nitrogens with zero attached hydrogens (tertiary/aromatic N) is 3. The fourth-order valence-electron chi connectivity index (χ4n) is 1.03. The van der Waals surface area contributed by atoms with Gasteiger partial charge in [0.15, 0.2) is 0 Å². The van der Waals surface area contributed by atoms with Crippen molar-refractivity contribution >= 4 is 23.5 Å². The molecule has 2 aromatic heterocycles. The summed E-state index contributed by atoms with van der Waals surface area (Å²) in [5, 5.41) is 4.04. The highest BCUT2D eigenvalue weighted by Gasteiger charge is 1.92. The van der Waals surface area contributed by atoms with Crippen molar-refractivity contribution < 1.29 is 0 Å². The quantitative estimate of drug-likeness (QED) is 0.635. The molecule has 0 saturated carbocycles. The zero-order valence-corrected chi connectivity index (χ0v) is 9.03. The van der Waals surface area contributed by atoms with E-state index in [4.69, 9.17) is 0 Å². The van der Waals surface area contributed by atoms with Gasteiger partial charge in [0.05, 0.1) is 6.21 Å². The summed E-state index contributed by atoms with van der Waals surface area (Å²) >= 11 is 1.69. The Morgan fingerprint density at radius 3 is 2.80 bits per heavy atom. The number of anilines is 1. The van der Waals surface area contributed by atoms with Crippen molar-refractivity contribution in [2.75, 3.05) is 5.43 Å². The van der Waals surface area contributed by atoms with Crippen molar-refractivity contribution in [2.45, 2.75) is 6.92 Å². The van der Waals surface area contributed by atoms with E-state index in [0.29, 0.717) is 5.95 Å². The van der Waals surface area contributed by atoms with Gasteiger partial charge in [0.2, 0.25) is 5.95 Å². The first-order valence-corrected chi connectivity index (χ1v) is 5.29. The van der Waals surface area contributed by atoms with Crippen LogP contribution in [0.2, 0.25) is 0 Å². The zero-order valence-electron chi connectivity index (χ0n) is 8.21. The van der Waals surface area contributed by atoms with Gasteiger partial charge in [0, 0.05) is 22.1 Å². The van der Waals surface area contributed by atoms with Crippen LogP contribution in [0, 0.1) is 6.92 Å². The van der Waals surface area contributed by atoms with Crippen LogP contribution in [0.15, 0.2) is 35.7 Å². The highest BCUT2D eigenvalue weighted by Crippen LogP contribution is 2.12. The molecule has 5 heteroatoms. The molecule has 0 fully saturated rings. The SMILES string of the molecule is Cc1ccc(/C=N/Nc2ncccn2)s1. The van der Waals surface area contributed by atoms with E-state index < -0.39 is 0 Å². The van der Waals surface area contributed by atoms with Crippen molar-refractivity contribution in [2.24, 2.45) is 5.10 Å². The van der Waals surface area contributed by atoms with Gasteiger partial charge in [-0.1, -0.05) is 0 Å². The molecular formula is C10H10N4S. The van der Waals surface area contributed by atoms with Crippen molar-refractivity contribution in [1.29, 1.82) is 0 Å². The number of hydrazone groups is 1. The Labute approximate surface area is 91.7 Å². The smallest absolute Gasteiger partial charge is 0.243 e. The van der Waals surface area contributed by atoms with Crippen LogP contribution in [0.1, 0.15) is 9.75 Å². The maximum Gasteiger partial charge on any atom is 0.243 e. The van der Waals surface area contributed by atoms with Gasteiger partial charge in [-0.2, -0.15) is 5.10 Å². The topological polar surface area (TPSA) is 50.2 Å². The second kappa shape index (κ2) is 4.65. The predicted octanol–water partition coefficient (Wildman–Crippen LogP) is 2.29. The molecule has 1 N–H and O–H groups in total. The summed E-state index contributed by atoms with van der Waals surface area (Å²) < 4.78 is 0. The van der Waals surface area contributed by atoms with Crippen LogP contribution in [0.3, 0.4) is 0 Å². The van der Waals surface area contributed by atoms with Gasteiger partial charge in [-0.05, 0) is 25.1 Å². The van der Waals surface area contributed by atoms with E-state index in [9.17, 15) is 0 Å². The van der Waals surface area contributed by atoms with Gasteiger partial charge < -0.3 is 0 Å². The van der Waals surface area contributed by atoms with Gasteiger partial charge in [0.25, 0.3) is 0 Å². The third-order valence-electron chi connectivity index (χ3n) is 1.68. The Hall–Kier alpha value is -1.75. The van der Waals surface area contributed by atoms with E-state index in [1.54, 1.807) is 36.0 Å². The molecule has 0 amide bonds. The minimum atomic E-state index is 0.502. The molecule has 2 heterocycles. The third kappa shape index (κ3) is 2.85. The maximum absolute atomic E-state index is 4.04. The highest BCUT2D eigenvalue weighted by molar-refractivity contribution is 7.13. The van der Waals surface area contributed by atoms with Crippen LogP contribution in [0.4, 0.5) is 5.95 Å². The van der Waals surface area contributed by atoms with Crippen LogP contribution in [0.5, 0.6) is 0 Å². The third-order valence-corrected chi connectivity index (χ3v) is 2.62. The van der Waals surface area contributed by atoms with Gasteiger partial charge >= 0.3 is 0 Å². The summed E-state index contributed by atoms with van der Waals surface area (Å²) in [6, 6.07) is 5.85. The average molecular weight is 218 g/mol. The van der Waals surface area contributed by atoms with E-state index in [2.05, 4.69) is 33.5 Å². The van der Waals surface area contributed by atoms with Crippen molar-refractivity contribution in [1.82, 2.24) is 9.97 Å². The molecule has 0 spiro atoms. The van der Waals surface area contributed by atoms with Gasteiger partial charge in [-0.25, -0.2) is 15.4 Å². The molecule has 4 nitrogen and oxygen atoms in total. The Balaban J connectivity index is 1.96. The monoisotopic (exact) mass is 218 g/mol. The van der Waals surface area contributed by atoms with E-state index in [0.717, 1.165) is 4.88 Å². The summed E-state index contributed by atoms with van der Waals surface area (Å²) in [4.78, 5) is 10.3. The van der Waals surface area contributed by atoms with E-state index in [1.807, 2.05) is 6.07 Å². The molecule has 15 heavy (non-hydrogen) atoms. The Kier molecular flexibility index (Phi) is 3.04. The highest BCUT2D eigenvalue weighted by atomic mass is 32.1. The molecule has 2 aromatic rings. The summed E-state index contributed by atoms with van der Waals surface area (Å²) in [6.07, 6.45) is 5.09. The van der Waals surface area contributed by atoms with Crippen LogP contribution in [-0.4, -0.2) is 16.2 Å². The van der Waals surface area contributed by atoms with Crippen molar-refractivity contribution in [3.63, 3.8) is 0 Å². The lowest BCUT2D eigenvalue weighted by Gasteiger charge is -1.94. The Morgan fingerprint density at radius 2 is 2.13 bits per heavy atom. The number of hydrogen-bond acceptors (Lipinski definition) is 5. The van der Waals surface area contributed by atoms with Gasteiger partial charge in [-0.15, -0.1) is 11.3 Å². The molecule has 0 aliphatic heterocycles. The molecule has 0 aliphatic carbocycles. The lowest BCUT2D eigenvalue weighted by atomic mass is 10.4. The van der Waals surface area contributed by atoms with Gasteiger partial charge in [0.1, 0.15) is 0 Å². The van der Waals surface area contributed by atoms with Crippen LogP contribution < -0.4 is 5.43 Å². The largest absolute Gasteiger partial charge is 0.245 e. The fraction of sp³-hybridized carbons (Fsp3) is 0.100. The minimum absolute atomic E-state index is 0.502. The molecule has 2 rings (SSSR count). The summed E-state index contributed by atoms with van der Waals surface area (Å²) in [5.41, 5.74) is 2.76. The number of nitrogens with one attached hydrogen (secondary N) is 1. The molecule has 0 unspecified atom stereocenters. The second-order valence-electron chi connectivity index (χ2n) is 2.89. The van der Waals surface area contributed by atoms with E-state index in [-0.39, 0.29) is 0 Å². The lowest BCUT2D eigenvalue weighted by Crippen LogP contribution is -1.94.